The Balaban J connectivity index is 0.000000126. The molecule has 2 heterocycles. The number of para-hydroxylation sites is 2. The van der Waals surface area contributed by atoms with Crippen molar-refractivity contribution in [2.24, 2.45) is 0 Å². The zero-order valence-corrected chi connectivity index (χ0v) is 47.9. The standard InChI is InChI=1S/C41H23BrO.C35H18Br2O/c42-35-23-34-39(40-38(35)29-18-8-11-21-36(29)43-40)37-28-17-5-4-14-25(28)30(24-12-2-1-3-13-24)22-33(37)41(34)31-19-9-6-15-26(31)27-16-7-10-20-32(27)41;36-28-17-26-31(22-12-2-1-11-21(22)28)33-27(18-29(37)32-23-13-5-8-16-30(23)38-34(32)33)35(26)24-14-6-3-9-19(24)20-10-4-7-15-25(20)35/h1-23H;1-18H. The van der Waals surface area contributed by atoms with Crippen molar-refractivity contribution in [3.8, 4) is 55.6 Å². The second-order valence-electron chi connectivity index (χ2n) is 21.9. The second-order valence-corrected chi connectivity index (χ2v) is 24.5. The lowest BCUT2D eigenvalue weighted by Crippen LogP contribution is -2.26. The first-order chi connectivity index (χ1) is 40.0. The molecule has 2 spiro atoms. The summed E-state index contributed by atoms with van der Waals surface area (Å²) < 4.78 is 16.8. The molecule has 15 aromatic rings. The minimum atomic E-state index is -0.485. The van der Waals surface area contributed by atoms with Crippen molar-refractivity contribution < 1.29 is 8.83 Å². The molecule has 4 aliphatic carbocycles. The van der Waals surface area contributed by atoms with Crippen molar-refractivity contribution in [3.05, 3.63) is 307 Å². The molecule has 13 aromatic carbocycles. The maximum Gasteiger partial charge on any atom is 0.144 e. The van der Waals surface area contributed by atoms with E-state index >= 15 is 0 Å². The van der Waals surface area contributed by atoms with Crippen LogP contribution in [0.15, 0.2) is 271 Å². The first-order valence-electron chi connectivity index (χ1n) is 27.5. The fourth-order valence-corrected chi connectivity index (χ4v) is 17.2. The van der Waals surface area contributed by atoms with Gasteiger partial charge in [0, 0.05) is 46.1 Å². The van der Waals surface area contributed by atoms with Crippen molar-refractivity contribution in [2.45, 2.75) is 10.8 Å². The zero-order chi connectivity index (χ0) is 53.5. The van der Waals surface area contributed by atoms with E-state index in [4.69, 9.17) is 8.83 Å². The van der Waals surface area contributed by atoms with E-state index < -0.39 is 10.8 Å². The molecule has 0 N–H and O–H groups in total. The molecular weight excluding hydrogens is 1180 g/mol. The number of halogens is 3. The van der Waals surface area contributed by atoms with Gasteiger partial charge in [-0.15, -0.1) is 0 Å². The molecule has 0 saturated carbocycles. The van der Waals surface area contributed by atoms with E-state index in [0.717, 1.165) is 57.3 Å². The van der Waals surface area contributed by atoms with E-state index in [-0.39, 0.29) is 0 Å². The molecular formula is C76H41Br3O2. The lowest BCUT2D eigenvalue weighted by molar-refractivity contribution is 0.668. The molecule has 0 aliphatic heterocycles. The van der Waals surface area contributed by atoms with Crippen molar-refractivity contribution in [1.82, 2.24) is 0 Å². The largest absolute Gasteiger partial charge is 0.455 e. The van der Waals surface area contributed by atoms with Gasteiger partial charge < -0.3 is 8.83 Å². The quantitative estimate of drug-likeness (QED) is 0.164. The molecule has 5 heteroatoms. The van der Waals surface area contributed by atoms with Crippen LogP contribution >= 0.6 is 47.8 Å². The Morgan fingerprint density at radius 3 is 1.05 bits per heavy atom. The molecule has 0 atom stereocenters. The molecule has 19 rings (SSSR count). The number of rotatable bonds is 1. The lowest BCUT2D eigenvalue weighted by atomic mass is 9.70. The first kappa shape index (κ1) is 46.2. The molecule has 81 heavy (non-hydrogen) atoms. The van der Waals surface area contributed by atoms with Gasteiger partial charge in [-0.2, -0.15) is 0 Å². The topological polar surface area (TPSA) is 26.3 Å². The minimum Gasteiger partial charge on any atom is -0.455 e. The van der Waals surface area contributed by atoms with Crippen LogP contribution < -0.4 is 0 Å². The van der Waals surface area contributed by atoms with Gasteiger partial charge in [0.15, 0.2) is 0 Å². The second kappa shape index (κ2) is 16.7. The van der Waals surface area contributed by atoms with Crippen LogP contribution in [0, 0.1) is 0 Å². The van der Waals surface area contributed by atoms with Crippen LogP contribution in [0.4, 0.5) is 0 Å². The summed E-state index contributed by atoms with van der Waals surface area (Å²) in [6.45, 7) is 0. The lowest BCUT2D eigenvalue weighted by Gasteiger charge is -2.31. The van der Waals surface area contributed by atoms with E-state index in [9.17, 15) is 0 Å². The predicted molar refractivity (Wildman–Crippen MR) is 344 cm³/mol. The van der Waals surface area contributed by atoms with E-state index in [1.54, 1.807) is 0 Å². The van der Waals surface area contributed by atoms with Crippen LogP contribution in [0.5, 0.6) is 0 Å². The average Bonchev–Trinajstić information content (AvgIpc) is 2.27. The fourth-order valence-electron chi connectivity index (χ4n) is 15.4. The normalized spacial score (nSPS) is 14.1. The maximum atomic E-state index is 6.85. The van der Waals surface area contributed by atoms with Gasteiger partial charge in [-0.05, 0) is 147 Å². The van der Waals surface area contributed by atoms with Gasteiger partial charge in [0.2, 0.25) is 0 Å². The number of hydrogen-bond donors (Lipinski definition) is 0. The monoisotopic (exact) mass is 1220 g/mol. The Hall–Kier alpha value is -8.58. The van der Waals surface area contributed by atoms with Crippen LogP contribution in [-0.4, -0.2) is 0 Å². The molecule has 0 saturated heterocycles. The van der Waals surface area contributed by atoms with Crippen molar-refractivity contribution in [1.29, 1.82) is 0 Å². The van der Waals surface area contributed by atoms with Crippen LogP contribution in [0.3, 0.4) is 0 Å². The van der Waals surface area contributed by atoms with E-state index in [1.807, 2.05) is 6.07 Å². The number of furan rings is 2. The highest BCUT2D eigenvalue weighted by Gasteiger charge is 2.55. The minimum absolute atomic E-state index is 0.444. The highest BCUT2D eigenvalue weighted by atomic mass is 79.9. The van der Waals surface area contributed by atoms with Gasteiger partial charge >= 0.3 is 0 Å². The summed E-state index contributed by atoms with van der Waals surface area (Å²) in [5.74, 6) is 0. The third-order valence-corrected chi connectivity index (χ3v) is 20.3. The molecule has 378 valence electrons. The van der Waals surface area contributed by atoms with Crippen LogP contribution in [0.2, 0.25) is 0 Å². The molecule has 0 fully saturated rings. The molecule has 0 unspecified atom stereocenters. The zero-order valence-electron chi connectivity index (χ0n) is 43.1. The fraction of sp³-hybridized carbons (Fsp3) is 0.0263. The van der Waals surface area contributed by atoms with Gasteiger partial charge in [-0.1, -0.05) is 260 Å². The first-order valence-corrected chi connectivity index (χ1v) is 29.9. The van der Waals surface area contributed by atoms with Crippen molar-refractivity contribution in [2.75, 3.05) is 0 Å². The molecule has 2 aromatic heterocycles. The van der Waals surface area contributed by atoms with Crippen LogP contribution in [-0.2, 0) is 10.8 Å². The third kappa shape index (κ3) is 5.81. The van der Waals surface area contributed by atoms with Gasteiger partial charge in [-0.3, -0.25) is 0 Å². The molecule has 2 nitrogen and oxygen atoms in total. The third-order valence-electron chi connectivity index (χ3n) is 18.3. The molecule has 0 bridgehead atoms. The summed E-state index contributed by atoms with van der Waals surface area (Å²) in [6.07, 6.45) is 0. The Morgan fingerprint density at radius 2 is 0.580 bits per heavy atom. The van der Waals surface area contributed by atoms with E-state index in [2.05, 4.69) is 290 Å². The maximum absolute atomic E-state index is 6.85. The Labute approximate surface area is 491 Å². The van der Waals surface area contributed by atoms with E-state index in [0.29, 0.717) is 0 Å². The van der Waals surface area contributed by atoms with Crippen molar-refractivity contribution in [3.63, 3.8) is 0 Å². The molecule has 4 aliphatic rings. The summed E-state index contributed by atoms with van der Waals surface area (Å²) in [5.41, 5.74) is 25.9. The Morgan fingerprint density at radius 1 is 0.247 bits per heavy atom. The summed E-state index contributed by atoms with van der Waals surface area (Å²) in [5, 5.41) is 9.48. The predicted octanol–water partition coefficient (Wildman–Crippen LogP) is 22.1. The van der Waals surface area contributed by atoms with Crippen LogP contribution in [0.25, 0.3) is 121 Å². The molecule has 0 amide bonds. The Bertz CT molecular complexity index is 5200. The number of hydrogen-bond acceptors (Lipinski definition) is 2. The van der Waals surface area contributed by atoms with Gasteiger partial charge in [-0.25, -0.2) is 0 Å². The van der Waals surface area contributed by atoms with Gasteiger partial charge in [0.05, 0.1) is 10.8 Å². The smallest absolute Gasteiger partial charge is 0.144 e. The van der Waals surface area contributed by atoms with Crippen LogP contribution in [0.1, 0.15) is 44.5 Å². The number of fused-ring (bicyclic) bond motifs is 32. The SMILES string of the molecule is Brc1cc2c(c3ccccc13)-c1c(cc(Br)c3c1oc1ccccc13)C21c2ccccc2-c2ccccc21.Brc1cc2c(c3oc4ccccc4c13)-c1c(cc(-c3ccccc3)c3ccccc13)C21c2ccccc2-c2ccccc21. The van der Waals surface area contributed by atoms with Gasteiger partial charge in [0.25, 0.3) is 0 Å². The van der Waals surface area contributed by atoms with Gasteiger partial charge in [0.1, 0.15) is 22.3 Å². The summed E-state index contributed by atoms with van der Waals surface area (Å²) >= 11 is 12.0. The summed E-state index contributed by atoms with van der Waals surface area (Å²) in [4.78, 5) is 0. The molecule has 0 radical (unpaired) electrons. The highest BCUT2D eigenvalue weighted by molar-refractivity contribution is 9.11. The van der Waals surface area contributed by atoms with E-state index in [1.165, 1.54) is 122 Å². The number of benzene rings is 13. The summed E-state index contributed by atoms with van der Waals surface area (Å²) in [7, 11) is 0. The summed E-state index contributed by atoms with van der Waals surface area (Å²) in [6, 6.07) is 90.6. The average molecular weight is 1230 g/mol. The Kier molecular flexibility index (Phi) is 9.55. The van der Waals surface area contributed by atoms with Crippen molar-refractivity contribution >= 4 is 113 Å². The highest BCUT2D eigenvalue weighted by Crippen LogP contribution is 2.68.